The van der Waals surface area contributed by atoms with Gasteiger partial charge >= 0.3 is 0 Å². The van der Waals surface area contributed by atoms with E-state index < -0.39 is 76.5 Å². The Morgan fingerprint density at radius 2 is 1.83 bits per heavy atom. The summed E-state index contributed by atoms with van der Waals surface area (Å²) in [5.41, 5.74) is -2.87. The number of nitrogens with one attached hydrogen (secondary N) is 1. The molecule has 0 radical (unpaired) electrons. The number of methoxy groups -OCH3 is 1. The molecule has 3 aliphatic rings. The van der Waals surface area contributed by atoms with Crippen molar-refractivity contribution in [3.05, 3.63) is 51.6 Å². The summed E-state index contributed by atoms with van der Waals surface area (Å²) in [6, 6.07) is 3.71. The summed E-state index contributed by atoms with van der Waals surface area (Å²) in [6.07, 6.45) is -6.03. The molecule has 1 heterocycles. The topological polar surface area (TPSA) is 192 Å². The van der Waals surface area contributed by atoms with E-state index in [9.17, 15) is 39.9 Å². The zero-order valence-corrected chi connectivity index (χ0v) is 23.0. The van der Waals surface area contributed by atoms with Crippen molar-refractivity contribution in [2.24, 2.45) is 0 Å². The summed E-state index contributed by atoms with van der Waals surface area (Å²) in [5.74, 6) is -2.94. The molecular weight excluding hydrogens is 538 g/mol. The largest absolute Gasteiger partial charge is 0.507 e. The minimum absolute atomic E-state index is 0.00367. The van der Waals surface area contributed by atoms with Crippen molar-refractivity contribution in [3.8, 4) is 17.2 Å². The third-order valence-corrected chi connectivity index (χ3v) is 8.29. The van der Waals surface area contributed by atoms with Gasteiger partial charge in [0, 0.05) is 42.9 Å². The van der Waals surface area contributed by atoms with Gasteiger partial charge in [-0.1, -0.05) is 12.1 Å². The summed E-state index contributed by atoms with van der Waals surface area (Å²) < 4.78 is 17.3. The SMILES string of the molecule is COc1cccc2c1C(=O)c1c(O)c3c(c(O)c1C2=O)CC(O)(C(C)O)CC3OC1CC(NC(C)=O)C(O)C(C)O1. The first kappa shape index (κ1) is 29.0. The monoisotopic (exact) mass is 571 g/mol. The van der Waals surface area contributed by atoms with Crippen LogP contribution >= 0.6 is 0 Å². The number of carbonyl (C=O) groups is 3. The highest BCUT2D eigenvalue weighted by molar-refractivity contribution is 6.31. The van der Waals surface area contributed by atoms with Crippen LogP contribution in [0, 0.1) is 0 Å². The number of ketones is 2. The standard InChI is InChI=1S/C29H33NO11/c1-11-24(33)16(30-13(3)32)8-19(40-11)41-18-10-29(38,12(2)31)9-15-21(18)28(37)23-22(26(15)35)25(34)14-6-5-7-17(39-4)20(14)27(23)36/h5-7,11-12,16,18-19,24,31,33,35,37-38H,8-10H2,1-4H3,(H,30,32). The van der Waals surface area contributed by atoms with Gasteiger partial charge in [-0.2, -0.15) is 0 Å². The fourth-order valence-electron chi connectivity index (χ4n) is 6.11. The Hall–Kier alpha value is -3.55. The summed E-state index contributed by atoms with van der Waals surface area (Å²) in [4.78, 5) is 39.0. The number of amides is 1. The second-order valence-corrected chi connectivity index (χ2v) is 11.0. The van der Waals surface area contributed by atoms with E-state index in [2.05, 4.69) is 5.32 Å². The van der Waals surface area contributed by atoms with Crippen LogP contribution < -0.4 is 10.1 Å². The molecule has 2 aliphatic carbocycles. The fraction of sp³-hybridized carbons (Fsp3) is 0.483. The number of rotatable bonds is 5. The number of aliphatic hydroxyl groups is 3. The van der Waals surface area contributed by atoms with Gasteiger partial charge in [0.2, 0.25) is 11.7 Å². The number of benzene rings is 2. The molecule has 7 atom stereocenters. The van der Waals surface area contributed by atoms with Crippen LogP contribution in [0.2, 0.25) is 0 Å². The maximum absolute atomic E-state index is 13.7. The molecule has 1 aliphatic heterocycles. The van der Waals surface area contributed by atoms with Crippen LogP contribution in [0.3, 0.4) is 0 Å². The molecule has 2 aromatic rings. The predicted molar refractivity (Wildman–Crippen MR) is 141 cm³/mol. The second-order valence-electron chi connectivity index (χ2n) is 11.0. The van der Waals surface area contributed by atoms with E-state index in [0.717, 1.165) is 0 Å². The Kier molecular flexibility index (Phi) is 7.33. The van der Waals surface area contributed by atoms with Gasteiger partial charge in [0.05, 0.1) is 53.8 Å². The molecule has 0 saturated carbocycles. The molecule has 6 N–H and O–H groups in total. The van der Waals surface area contributed by atoms with E-state index in [1.807, 2.05) is 0 Å². The highest BCUT2D eigenvalue weighted by Crippen LogP contribution is 2.52. The molecule has 1 fully saturated rings. The zero-order valence-electron chi connectivity index (χ0n) is 23.0. The van der Waals surface area contributed by atoms with Crippen molar-refractivity contribution in [1.29, 1.82) is 0 Å². The Balaban J connectivity index is 1.64. The number of hydrogen-bond acceptors (Lipinski definition) is 11. The van der Waals surface area contributed by atoms with Gasteiger partial charge in [0.25, 0.3) is 0 Å². The number of aliphatic hydroxyl groups excluding tert-OH is 2. The minimum atomic E-state index is -1.85. The quantitative estimate of drug-likeness (QED) is 0.239. The number of carbonyl (C=O) groups excluding carboxylic acids is 3. The van der Waals surface area contributed by atoms with Crippen molar-refractivity contribution in [3.63, 3.8) is 0 Å². The minimum Gasteiger partial charge on any atom is -0.507 e. The lowest BCUT2D eigenvalue weighted by molar-refractivity contribution is -0.252. The van der Waals surface area contributed by atoms with E-state index in [1.54, 1.807) is 6.92 Å². The number of hydrogen-bond donors (Lipinski definition) is 6. The lowest BCUT2D eigenvalue weighted by atomic mass is 9.71. The van der Waals surface area contributed by atoms with E-state index in [0.29, 0.717) is 0 Å². The van der Waals surface area contributed by atoms with E-state index in [4.69, 9.17) is 14.2 Å². The number of ether oxygens (including phenoxy) is 3. The number of aromatic hydroxyl groups is 2. The van der Waals surface area contributed by atoms with Gasteiger partial charge in [-0.3, -0.25) is 14.4 Å². The van der Waals surface area contributed by atoms with E-state index in [-0.39, 0.29) is 53.2 Å². The first-order chi connectivity index (χ1) is 19.3. The van der Waals surface area contributed by atoms with Crippen LogP contribution in [0.15, 0.2) is 18.2 Å². The van der Waals surface area contributed by atoms with Crippen molar-refractivity contribution in [1.82, 2.24) is 5.32 Å². The summed E-state index contributed by atoms with van der Waals surface area (Å²) in [7, 11) is 1.34. The highest BCUT2D eigenvalue weighted by Gasteiger charge is 2.49. The van der Waals surface area contributed by atoms with Crippen LogP contribution in [0.1, 0.15) is 82.7 Å². The third-order valence-electron chi connectivity index (χ3n) is 8.29. The molecule has 2 aromatic carbocycles. The van der Waals surface area contributed by atoms with Gasteiger partial charge in [0.1, 0.15) is 23.4 Å². The number of fused-ring (bicyclic) bond motifs is 3. The first-order valence-corrected chi connectivity index (χ1v) is 13.3. The Morgan fingerprint density at radius 1 is 1.15 bits per heavy atom. The van der Waals surface area contributed by atoms with Crippen molar-refractivity contribution in [2.75, 3.05) is 7.11 Å². The molecule has 7 unspecified atom stereocenters. The normalized spacial score (nSPS) is 29.7. The molecule has 0 spiro atoms. The summed E-state index contributed by atoms with van der Waals surface area (Å²) >= 11 is 0. The molecule has 1 amide bonds. The molecule has 0 aromatic heterocycles. The van der Waals surface area contributed by atoms with Gasteiger partial charge in [-0.25, -0.2) is 0 Å². The van der Waals surface area contributed by atoms with Gasteiger partial charge in [-0.05, 0) is 19.9 Å². The summed E-state index contributed by atoms with van der Waals surface area (Å²) in [5, 5.41) is 58.0. The van der Waals surface area contributed by atoms with Crippen molar-refractivity contribution < 1.29 is 54.1 Å². The third kappa shape index (κ3) is 4.65. The van der Waals surface area contributed by atoms with Gasteiger partial charge < -0.3 is 45.1 Å². The smallest absolute Gasteiger partial charge is 0.217 e. The van der Waals surface area contributed by atoms with Gasteiger partial charge in [-0.15, -0.1) is 0 Å². The van der Waals surface area contributed by atoms with Crippen LogP contribution in [-0.2, 0) is 20.7 Å². The molecule has 41 heavy (non-hydrogen) atoms. The predicted octanol–water partition coefficient (Wildman–Crippen LogP) is 0.998. The molecule has 220 valence electrons. The maximum atomic E-state index is 13.7. The van der Waals surface area contributed by atoms with Crippen molar-refractivity contribution in [2.45, 2.75) is 82.4 Å². The maximum Gasteiger partial charge on any atom is 0.217 e. The fourth-order valence-corrected chi connectivity index (χ4v) is 6.11. The average molecular weight is 572 g/mol. The Morgan fingerprint density at radius 3 is 2.46 bits per heavy atom. The highest BCUT2D eigenvalue weighted by atomic mass is 16.7. The second kappa shape index (κ2) is 10.4. The van der Waals surface area contributed by atoms with Crippen molar-refractivity contribution >= 4 is 17.5 Å². The first-order valence-electron chi connectivity index (χ1n) is 13.3. The van der Waals surface area contributed by atoms with Crippen LogP contribution in [-0.4, -0.2) is 86.4 Å². The molecule has 12 nitrogen and oxygen atoms in total. The zero-order chi connectivity index (χ0) is 30.0. The number of phenols is 2. The lowest BCUT2D eigenvalue weighted by Crippen LogP contribution is -2.55. The molecular formula is C29H33NO11. The number of phenolic OH excluding ortho intramolecular Hbond substituents is 2. The lowest BCUT2D eigenvalue weighted by Gasteiger charge is -2.44. The Labute approximate surface area is 235 Å². The molecule has 12 heteroatoms. The molecule has 0 bridgehead atoms. The molecule has 5 rings (SSSR count). The van der Waals surface area contributed by atoms with E-state index in [1.165, 1.54) is 39.2 Å². The van der Waals surface area contributed by atoms with Crippen LogP contribution in [0.4, 0.5) is 0 Å². The van der Waals surface area contributed by atoms with Gasteiger partial charge in [0.15, 0.2) is 12.1 Å². The van der Waals surface area contributed by atoms with Crippen LogP contribution in [0.25, 0.3) is 0 Å². The average Bonchev–Trinajstić information content (AvgIpc) is 2.91. The van der Waals surface area contributed by atoms with E-state index >= 15 is 0 Å². The Bertz CT molecular complexity index is 1440. The summed E-state index contributed by atoms with van der Waals surface area (Å²) in [6.45, 7) is 4.25. The molecule has 1 saturated heterocycles. The van der Waals surface area contributed by atoms with Crippen LogP contribution in [0.5, 0.6) is 17.2 Å².